The van der Waals surface area contributed by atoms with Gasteiger partial charge in [0.2, 0.25) is 17.7 Å². The van der Waals surface area contributed by atoms with E-state index in [1.54, 1.807) is 56.6 Å². The second-order valence-electron chi connectivity index (χ2n) is 20.2. The standard InChI is InChI=1S/C56H67F2N11O8S/c1-34(2)49(66-45(70)17-11-8-12-27-69-47(71)24-25-48(69)72)54(75)65-42(16-13-26-60-55(59)76)52(73)62-39-21-18-37(19-22-39)32-77-35(3)61-29-46-63-44(33-78-46)53(74)67-50(56(4,5)6)51-64-43(40-28-38(57)20-23-41(40)58)31-68(51)30-36-14-9-7-10-15-36/h7,9-10,14-15,18-25,28,31,33-34,42,49-50H,8,11-13,16-17,26-27,29-30,32H2,1-6H3,(H,62,73)(H,65,75)(H,66,70)(H,67,74)(H3,59,60,76). The number of imide groups is 1. The van der Waals surface area contributed by atoms with Crippen LogP contribution in [-0.4, -0.2) is 92.0 Å². The van der Waals surface area contributed by atoms with Crippen LogP contribution in [0, 0.1) is 23.0 Å². The normalized spacial score (nSPS) is 13.8. The molecule has 0 aliphatic carbocycles. The number of nitrogens with zero attached hydrogens (tertiary/aromatic N) is 5. The molecule has 0 spiro atoms. The van der Waals surface area contributed by atoms with Crippen molar-refractivity contribution < 1.29 is 47.1 Å². The number of primary amides is 1. The number of carbonyl (C=O) groups is 7. The number of aliphatic imine (C=N–C) groups is 1. The largest absolute Gasteiger partial charge is 0.476 e. The molecule has 1 aliphatic rings. The van der Waals surface area contributed by atoms with Crippen LogP contribution in [0.2, 0.25) is 0 Å². The highest BCUT2D eigenvalue weighted by Gasteiger charge is 2.34. The van der Waals surface area contributed by atoms with E-state index in [2.05, 4.69) is 36.6 Å². The fourth-order valence-corrected chi connectivity index (χ4v) is 8.99. The first-order chi connectivity index (χ1) is 37.1. The molecular weight excluding hydrogens is 1020 g/mol. The number of amides is 8. The molecule has 7 N–H and O–H groups in total. The Labute approximate surface area is 455 Å². The fourth-order valence-electron chi connectivity index (χ4n) is 8.29. The zero-order valence-electron chi connectivity index (χ0n) is 44.6. The van der Waals surface area contributed by atoms with Gasteiger partial charge in [-0.2, -0.15) is 0 Å². The minimum absolute atomic E-state index is 0.00244. The maximum absolute atomic E-state index is 15.0. The number of carbonyl (C=O) groups excluding carboxylic acids is 7. The first-order valence-corrected chi connectivity index (χ1v) is 26.5. The molecular formula is C56H67F2N11O8S. The number of nitrogens with one attached hydrogen (secondary N) is 5. The monoisotopic (exact) mass is 1090 g/mol. The van der Waals surface area contributed by atoms with Crippen molar-refractivity contribution in [3.8, 4) is 11.3 Å². The molecule has 5 aromatic rings. The lowest BCUT2D eigenvalue weighted by Gasteiger charge is -2.31. The van der Waals surface area contributed by atoms with Crippen LogP contribution in [0.4, 0.5) is 19.3 Å². The fraction of sp³-hybridized carbons (Fsp3) is 0.393. The van der Waals surface area contributed by atoms with Crippen LogP contribution in [0.3, 0.4) is 0 Å². The van der Waals surface area contributed by atoms with Crippen molar-refractivity contribution >= 4 is 64.4 Å². The molecule has 0 saturated carbocycles. The van der Waals surface area contributed by atoms with Gasteiger partial charge in [0, 0.05) is 68.0 Å². The number of benzene rings is 3. The Balaban J connectivity index is 1.01. The number of halogens is 2. The van der Waals surface area contributed by atoms with Crippen LogP contribution in [0.5, 0.6) is 0 Å². The summed E-state index contributed by atoms with van der Waals surface area (Å²) in [5, 5.41) is 16.2. The van der Waals surface area contributed by atoms with Crippen molar-refractivity contribution in [2.24, 2.45) is 22.1 Å². The van der Waals surface area contributed by atoms with E-state index in [1.165, 1.54) is 23.5 Å². The van der Waals surface area contributed by atoms with Crippen molar-refractivity contribution in [2.45, 2.75) is 118 Å². The van der Waals surface area contributed by atoms with Gasteiger partial charge in [-0.05, 0) is 78.5 Å². The number of nitrogens with two attached hydrogens (primary N) is 1. The van der Waals surface area contributed by atoms with Gasteiger partial charge in [0.25, 0.3) is 17.7 Å². The molecule has 78 heavy (non-hydrogen) atoms. The van der Waals surface area contributed by atoms with E-state index in [0.717, 1.165) is 34.2 Å². The summed E-state index contributed by atoms with van der Waals surface area (Å²) in [6, 6.07) is 16.3. The Morgan fingerprint density at radius 2 is 1.56 bits per heavy atom. The molecule has 3 unspecified atom stereocenters. The number of anilines is 1. The van der Waals surface area contributed by atoms with Gasteiger partial charge < -0.3 is 41.6 Å². The van der Waals surface area contributed by atoms with Gasteiger partial charge in [0.05, 0.1) is 18.3 Å². The van der Waals surface area contributed by atoms with Gasteiger partial charge in [0.1, 0.15) is 46.9 Å². The number of hydrogen-bond donors (Lipinski definition) is 6. The highest BCUT2D eigenvalue weighted by molar-refractivity contribution is 7.09. The highest BCUT2D eigenvalue weighted by Crippen LogP contribution is 2.35. The number of thiazole rings is 1. The predicted octanol–water partition coefficient (Wildman–Crippen LogP) is 7.48. The molecule has 3 atom stereocenters. The average molecular weight is 1090 g/mol. The number of imidazole rings is 1. The number of unbranched alkanes of at least 4 members (excludes halogenated alkanes) is 2. The summed E-state index contributed by atoms with van der Waals surface area (Å²) in [5.41, 5.74) is 7.18. The first-order valence-electron chi connectivity index (χ1n) is 25.7. The number of urea groups is 1. The highest BCUT2D eigenvalue weighted by atomic mass is 32.1. The summed E-state index contributed by atoms with van der Waals surface area (Å²) in [5.74, 6) is -3.36. The molecule has 0 fully saturated rings. The zero-order chi connectivity index (χ0) is 56.5. The minimum atomic E-state index is -1.04. The molecule has 0 saturated heterocycles. The second-order valence-corrected chi connectivity index (χ2v) is 21.1. The van der Waals surface area contributed by atoms with Gasteiger partial charge in [0.15, 0.2) is 5.90 Å². The minimum Gasteiger partial charge on any atom is -0.476 e. The van der Waals surface area contributed by atoms with Crippen LogP contribution in [-0.2, 0) is 48.4 Å². The Bertz CT molecular complexity index is 2970. The molecule has 2 aromatic heterocycles. The molecule has 19 nitrogen and oxygen atoms in total. The molecule has 1 aliphatic heterocycles. The summed E-state index contributed by atoms with van der Waals surface area (Å²) < 4.78 is 37.1. The van der Waals surface area contributed by atoms with E-state index in [9.17, 15) is 38.0 Å². The van der Waals surface area contributed by atoms with Crippen LogP contribution >= 0.6 is 11.3 Å². The Kier molecular flexibility index (Phi) is 21.0. The molecule has 0 radical (unpaired) electrons. The molecule has 3 heterocycles. The van der Waals surface area contributed by atoms with Gasteiger partial charge >= 0.3 is 6.03 Å². The Morgan fingerprint density at radius 1 is 0.846 bits per heavy atom. The van der Waals surface area contributed by atoms with E-state index >= 15 is 4.39 Å². The maximum atomic E-state index is 15.0. The maximum Gasteiger partial charge on any atom is 0.312 e. The van der Waals surface area contributed by atoms with E-state index in [0.29, 0.717) is 54.6 Å². The number of ether oxygens (including phenoxy) is 1. The van der Waals surface area contributed by atoms with Crippen molar-refractivity contribution in [2.75, 3.05) is 18.4 Å². The molecule has 8 amide bonds. The lowest BCUT2D eigenvalue weighted by Crippen LogP contribution is -2.54. The van der Waals surface area contributed by atoms with E-state index < -0.39 is 58.9 Å². The molecule has 3 aromatic carbocycles. The summed E-state index contributed by atoms with van der Waals surface area (Å²) in [6.07, 6.45) is 6.24. The number of hydrogen-bond acceptors (Lipinski definition) is 12. The van der Waals surface area contributed by atoms with Gasteiger partial charge in [-0.15, -0.1) is 11.3 Å². The third kappa shape index (κ3) is 17.4. The third-order valence-corrected chi connectivity index (χ3v) is 13.4. The topological polar surface area (TPSA) is 261 Å². The van der Waals surface area contributed by atoms with Crippen LogP contribution < -0.4 is 32.3 Å². The average Bonchev–Trinajstić information content (AvgIpc) is 4.24. The lowest BCUT2D eigenvalue weighted by molar-refractivity contribution is -0.137. The SMILES string of the molecule is CC(=NCc1nc(C(=O)NC(c2nc(-c3cc(F)ccc3F)cn2Cc2ccccc2)C(C)(C)C)cs1)OCc1ccc(NC(=O)C(CCCNC(N)=O)NC(=O)C(NC(=O)CCCCCN2C(=O)C=CC2=O)C(C)C)cc1. The van der Waals surface area contributed by atoms with Gasteiger partial charge in [-0.3, -0.25) is 33.7 Å². The summed E-state index contributed by atoms with van der Waals surface area (Å²) in [6.45, 7) is 12.1. The quantitative estimate of drug-likeness (QED) is 0.0138. The van der Waals surface area contributed by atoms with Crippen molar-refractivity contribution in [3.05, 3.63) is 136 Å². The van der Waals surface area contributed by atoms with Crippen molar-refractivity contribution in [1.29, 1.82) is 0 Å². The summed E-state index contributed by atoms with van der Waals surface area (Å²) >= 11 is 1.26. The lowest BCUT2D eigenvalue weighted by atomic mass is 9.86. The summed E-state index contributed by atoms with van der Waals surface area (Å²) in [7, 11) is 0. The Morgan fingerprint density at radius 3 is 2.24 bits per heavy atom. The molecule has 414 valence electrons. The van der Waals surface area contributed by atoms with Crippen LogP contribution in [0.1, 0.15) is 119 Å². The van der Waals surface area contributed by atoms with Crippen LogP contribution in [0.15, 0.2) is 102 Å². The second kappa shape index (κ2) is 27.8. The van der Waals surface area contributed by atoms with Gasteiger partial charge in [-0.1, -0.05) is 83.5 Å². The first kappa shape index (κ1) is 59.1. The molecule has 22 heteroatoms. The molecule has 6 rings (SSSR count). The van der Waals surface area contributed by atoms with E-state index in [-0.39, 0.29) is 79.7 Å². The number of aromatic nitrogens is 3. The smallest absolute Gasteiger partial charge is 0.312 e. The van der Waals surface area contributed by atoms with E-state index in [4.69, 9.17) is 15.5 Å². The molecule has 0 bridgehead atoms. The van der Waals surface area contributed by atoms with Crippen LogP contribution in [0.25, 0.3) is 11.3 Å². The third-order valence-electron chi connectivity index (χ3n) is 12.6. The van der Waals surface area contributed by atoms with Gasteiger partial charge in [-0.25, -0.2) is 28.5 Å². The summed E-state index contributed by atoms with van der Waals surface area (Å²) in [4.78, 5) is 104. The predicted molar refractivity (Wildman–Crippen MR) is 291 cm³/mol. The Hall–Kier alpha value is -8.14. The van der Waals surface area contributed by atoms with E-state index in [1.807, 2.05) is 55.7 Å². The zero-order valence-corrected chi connectivity index (χ0v) is 45.4. The van der Waals surface area contributed by atoms with Crippen molar-refractivity contribution in [1.82, 2.24) is 40.7 Å². The van der Waals surface area contributed by atoms with Crippen molar-refractivity contribution in [3.63, 3.8) is 0 Å². The number of rotatable bonds is 26.